The molecule has 7 nitrogen and oxygen atoms in total. The number of esters is 1. The first-order valence-corrected chi connectivity index (χ1v) is 13.0. The van der Waals surface area contributed by atoms with Gasteiger partial charge in [-0.1, -0.05) is 6.07 Å². The second-order valence-electron chi connectivity index (χ2n) is 10.9. The summed E-state index contributed by atoms with van der Waals surface area (Å²) in [6.45, 7) is 11.8. The SMILES string of the molecule is CC(=O)OC[C@@H](OC(C)(C)C)c1c(C)cc2nc(C(C)O)ccc2c1-c1ccc2c3c(ccnc13)CCO2. The van der Waals surface area contributed by atoms with Gasteiger partial charge in [-0.2, -0.15) is 0 Å². The lowest BCUT2D eigenvalue weighted by molar-refractivity contribution is -0.150. The average molecular weight is 515 g/mol. The summed E-state index contributed by atoms with van der Waals surface area (Å²) < 4.78 is 18.0. The van der Waals surface area contributed by atoms with E-state index in [1.165, 1.54) is 12.5 Å². The van der Waals surface area contributed by atoms with E-state index in [1.807, 2.05) is 64.2 Å². The number of rotatable bonds is 6. The third kappa shape index (κ3) is 4.96. The van der Waals surface area contributed by atoms with Gasteiger partial charge in [0.1, 0.15) is 18.5 Å². The maximum Gasteiger partial charge on any atom is 0.302 e. The Balaban J connectivity index is 1.86. The summed E-state index contributed by atoms with van der Waals surface area (Å²) in [4.78, 5) is 21.5. The van der Waals surface area contributed by atoms with E-state index in [0.29, 0.717) is 12.3 Å². The van der Waals surface area contributed by atoms with E-state index in [2.05, 4.69) is 6.07 Å². The van der Waals surface area contributed by atoms with Gasteiger partial charge in [0, 0.05) is 35.9 Å². The van der Waals surface area contributed by atoms with Gasteiger partial charge in [0.2, 0.25) is 0 Å². The molecule has 1 N–H and O–H groups in total. The predicted molar refractivity (Wildman–Crippen MR) is 147 cm³/mol. The van der Waals surface area contributed by atoms with Crippen LogP contribution in [0.5, 0.6) is 5.75 Å². The molecule has 2 aromatic carbocycles. The first-order chi connectivity index (χ1) is 18.0. The zero-order valence-electron chi connectivity index (χ0n) is 22.8. The van der Waals surface area contributed by atoms with Crippen LogP contribution in [0.25, 0.3) is 32.9 Å². The number of hydrogen-bond acceptors (Lipinski definition) is 7. The number of aliphatic hydroxyl groups is 1. The lowest BCUT2D eigenvalue weighted by Crippen LogP contribution is -2.27. The molecule has 0 aliphatic carbocycles. The van der Waals surface area contributed by atoms with Gasteiger partial charge in [0.05, 0.1) is 35.0 Å². The number of aryl methyl sites for hydroxylation is 1. The van der Waals surface area contributed by atoms with Gasteiger partial charge in [-0.15, -0.1) is 0 Å². The molecule has 0 saturated heterocycles. The van der Waals surface area contributed by atoms with Gasteiger partial charge < -0.3 is 19.3 Å². The maximum atomic E-state index is 11.9. The van der Waals surface area contributed by atoms with E-state index in [4.69, 9.17) is 24.2 Å². The van der Waals surface area contributed by atoms with Crippen LogP contribution in [0.3, 0.4) is 0 Å². The number of carbonyl (C=O) groups excluding carboxylic acids is 1. The molecule has 1 unspecified atom stereocenters. The van der Waals surface area contributed by atoms with E-state index in [9.17, 15) is 9.90 Å². The topological polar surface area (TPSA) is 90.8 Å². The fourth-order valence-corrected chi connectivity index (χ4v) is 5.27. The minimum atomic E-state index is -0.692. The first-order valence-electron chi connectivity index (χ1n) is 13.0. The van der Waals surface area contributed by atoms with Gasteiger partial charge in [-0.05, 0) is 87.2 Å². The maximum absolute atomic E-state index is 11.9. The van der Waals surface area contributed by atoms with Crippen LogP contribution in [0.2, 0.25) is 0 Å². The fourth-order valence-electron chi connectivity index (χ4n) is 5.27. The third-order valence-corrected chi connectivity index (χ3v) is 6.79. The van der Waals surface area contributed by atoms with Crippen molar-refractivity contribution in [3.63, 3.8) is 0 Å². The quantitative estimate of drug-likeness (QED) is 0.308. The molecule has 2 aromatic heterocycles. The number of ether oxygens (including phenoxy) is 3. The van der Waals surface area contributed by atoms with Crippen LogP contribution >= 0.6 is 0 Å². The number of aromatic nitrogens is 2. The van der Waals surface area contributed by atoms with Crippen molar-refractivity contribution >= 4 is 27.8 Å². The molecule has 38 heavy (non-hydrogen) atoms. The standard InChI is InChI=1S/C31H34N2O5/c1-17-15-24-21(7-9-23(33-24)18(2)34)29(27(17)26(16-37-19(3)35)38-31(4,5)6)22-8-10-25-28-20(12-14-36-25)11-13-32-30(22)28/h7-11,13,15,18,26,34H,12,14,16H2,1-6H3/t18?,26-/m1/s1. The lowest BCUT2D eigenvalue weighted by atomic mass is 9.86. The summed E-state index contributed by atoms with van der Waals surface area (Å²) in [6.07, 6.45) is 1.44. The summed E-state index contributed by atoms with van der Waals surface area (Å²) in [6, 6.07) is 11.9. The van der Waals surface area contributed by atoms with Crippen LogP contribution in [0.4, 0.5) is 0 Å². The molecule has 198 valence electrons. The van der Waals surface area contributed by atoms with Crippen LogP contribution in [0.1, 0.15) is 69.2 Å². The summed E-state index contributed by atoms with van der Waals surface area (Å²) in [7, 11) is 0. The van der Waals surface area contributed by atoms with Crippen molar-refractivity contribution in [3.8, 4) is 16.9 Å². The minimum absolute atomic E-state index is 0.0724. The Kier molecular flexibility index (Phi) is 6.84. The Morgan fingerprint density at radius 1 is 1.18 bits per heavy atom. The molecule has 2 atom stereocenters. The largest absolute Gasteiger partial charge is 0.493 e. The van der Waals surface area contributed by atoms with Crippen LogP contribution < -0.4 is 4.74 Å². The summed E-state index contributed by atoms with van der Waals surface area (Å²) in [5.74, 6) is 0.463. The summed E-state index contributed by atoms with van der Waals surface area (Å²) in [5.41, 5.74) is 6.62. The van der Waals surface area contributed by atoms with Gasteiger partial charge in [0.25, 0.3) is 0 Å². The monoisotopic (exact) mass is 514 g/mol. The Labute approximate surface area is 222 Å². The molecular formula is C31H34N2O5. The number of benzene rings is 2. The third-order valence-electron chi connectivity index (χ3n) is 6.79. The van der Waals surface area contributed by atoms with Gasteiger partial charge >= 0.3 is 5.97 Å². The van der Waals surface area contributed by atoms with E-state index < -0.39 is 17.8 Å². The zero-order valence-corrected chi connectivity index (χ0v) is 22.8. The highest BCUT2D eigenvalue weighted by Crippen LogP contribution is 2.45. The highest BCUT2D eigenvalue weighted by Gasteiger charge is 2.29. The van der Waals surface area contributed by atoms with E-state index in [0.717, 1.165) is 56.2 Å². The molecule has 7 heteroatoms. The summed E-state index contributed by atoms with van der Waals surface area (Å²) >= 11 is 0. The molecular weight excluding hydrogens is 480 g/mol. The molecule has 1 aliphatic rings. The molecule has 5 rings (SSSR count). The van der Waals surface area contributed by atoms with Gasteiger partial charge in [-0.25, -0.2) is 0 Å². The van der Waals surface area contributed by atoms with Crippen LogP contribution in [-0.2, 0) is 20.7 Å². The lowest BCUT2D eigenvalue weighted by Gasteiger charge is -2.31. The van der Waals surface area contributed by atoms with Crippen molar-refractivity contribution < 1.29 is 24.1 Å². The molecule has 0 spiro atoms. The molecule has 0 radical (unpaired) electrons. The van der Waals surface area contributed by atoms with Crippen molar-refractivity contribution in [2.75, 3.05) is 13.2 Å². The van der Waals surface area contributed by atoms with E-state index >= 15 is 0 Å². The number of fused-ring (bicyclic) bond motifs is 1. The van der Waals surface area contributed by atoms with Crippen LogP contribution in [0, 0.1) is 6.92 Å². The average Bonchev–Trinajstić information content (AvgIpc) is 2.85. The summed E-state index contributed by atoms with van der Waals surface area (Å²) in [5, 5.41) is 12.1. The van der Waals surface area contributed by atoms with Crippen LogP contribution in [-0.4, -0.2) is 39.9 Å². The zero-order chi connectivity index (χ0) is 27.2. The Morgan fingerprint density at radius 2 is 1.97 bits per heavy atom. The highest BCUT2D eigenvalue weighted by atomic mass is 16.6. The van der Waals surface area contributed by atoms with Crippen molar-refractivity contribution in [2.24, 2.45) is 0 Å². The number of aliphatic hydroxyl groups excluding tert-OH is 1. The van der Waals surface area contributed by atoms with Gasteiger partial charge in [0.15, 0.2) is 0 Å². The highest BCUT2D eigenvalue weighted by molar-refractivity contribution is 6.07. The second-order valence-corrected chi connectivity index (χ2v) is 10.9. The molecule has 0 bridgehead atoms. The van der Waals surface area contributed by atoms with Crippen molar-refractivity contribution in [2.45, 2.75) is 65.8 Å². The molecule has 4 aromatic rings. The Hall–Kier alpha value is -3.55. The first kappa shape index (κ1) is 26.1. The number of pyridine rings is 2. The van der Waals surface area contributed by atoms with E-state index in [1.54, 1.807) is 6.92 Å². The smallest absolute Gasteiger partial charge is 0.302 e. The Morgan fingerprint density at radius 3 is 2.68 bits per heavy atom. The predicted octanol–water partition coefficient (Wildman–Crippen LogP) is 6.17. The molecule has 1 aliphatic heterocycles. The fraction of sp³-hybridized carbons (Fsp3) is 0.387. The molecule has 0 fully saturated rings. The van der Waals surface area contributed by atoms with E-state index in [-0.39, 0.29) is 12.6 Å². The van der Waals surface area contributed by atoms with Crippen molar-refractivity contribution in [1.29, 1.82) is 0 Å². The minimum Gasteiger partial charge on any atom is -0.493 e. The van der Waals surface area contributed by atoms with Gasteiger partial charge in [-0.3, -0.25) is 14.8 Å². The number of nitrogens with zero attached hydrogens (tertiary/aromatic N) is 2. The second kappa shape index (κ2) is 9.97. The van der Waals surface area contributed by atoms with Crippen LogP contribution in [0.15, 0.2) is 42.6 Å². The number of carbonyl (C=O) groups is 1. The Bertz CT molecular complexity index is 1530. The molecule has 0 amide bonds. The normalized spacial score (nSPS) is 14.8. The van der Waals surface area contributed by atoms with Crippen molar-refractivity contribution in [1.82, 2.24) is 9.97 Å². The molecule has 0 saturated carbocycles. The van der Waals surface area contributed by atoms with Crippen molar-refractivity contribution in [3.05, 3.63) is 65.0 Å². The number of hydrogen-bond donors (Lipinski definition) is 1. The molecule has 3 heterocycles.